The van der Waals surface area contributed by atoms with E-state index in [-0.39, 0.29) is 17.0 Å². The Morgan fingerprint density at radius 2 is 1.88 bits per heavy atom. The number of nitrogens with one attached hydrogen (secondary N) is 1. The Morgan fingerprint density at radius 1 is 1.12 bits per heavy atom. The first-order valence-corrected chi connectivity index (χ1v) is 7.65. The lowest BCUT2D eigenvalue weighted by Crippen LogP contribution is -2.25. The van der Waals surface area contributed by atoms with Crippen molar-refractivity contribution in [2.45, 2.75) is 20.4 Å². The van der Waals surface area contributed by atoms with Gasteiger partial charge in [-0.2, -0.15) is 0 Å². The standard InChI is InChI=1S/C19H18N2O3/c1-13-5-7-15(8-6-13)12-21-10-3-4-16(19(21)23)20-18(22)17-14(2)9-11-24-17/h3-11H,12H2,1-2H3,(H,20,22). The molecule has 0 atom stereocenters. The molecule has 0 fully saturated rings. The van der Waals surface area contributed by atoms with Gasteiger partial charge in [0.25, 0.3) is 11.5 Å². The maximum Gasteiger partial charge on any atom is 0.291 e. The molecule has 0 radical (unpaired) electrons. The molecule has 0 aliphatic rings. The number of hydrogen-bond acceptors (Lipinski definition) is 3. The summed E-state index contributed by atoms with van der Waals surface area (Å²) in [6, 6.07) is 13.0. The Kier molecular flexibility index (Phi) is 4.33. The summed E-state index contributed by atoms with van der Waals surface area (Å²) in [6.45, 7) is 4.24. The molecule has 0 spiro atoms. The van der Waals surface area contributed by atoms with E-state index in [9.17, 15) is 9.59 Å². The highest BCUT2D eigenvalue weighted by Crippen LogP contribution is 2.11. The van der Waals surface area contributed by atoms with Crippen molar-refractivity contribution in [2.24, 2.45) is 0 Å². The van der Waals surface area contributed by atoms with Crippen molar-refractivity contribution in [3.05, 3.63) is 87.7 Å². The molecule has 0 unspecified atom stereocenters. The van der Waals surface area contributed by atoms with Gasteiger partial charge in [-0.3, -0.25) is 9.59 Å². The Bertz CT molecular complexity index is 920. The van der Waals surface area contributed by atoms with Gasteiger partial charge in [0.05, 0.1) is 12.8 Å². The van der Waals surface area contributed by atoms with Crippen LogP contribution in [0.15, 0.2) is 64.1 Å². The molecule has 1 amide bonds. The van der Waals surface area contributed by atoms with Gasteiger partial charge >= 0.3 is 0 Å². The number of benzene rings is 1. The number of nitrogens with zero attached hydrogens (tertiary/aromatic N) is 1. The van der Waals surface area contributed by atoms with Crippen LogP contribution >= 0.6 is 0 Å². The topological polar surface area (TPSA) is 64.2 Å². The Morgan fingerprint density at radius 3 is 2.54 bits per heavy atom. The van der Waals surface area contributed by atoms with Gasteiger partial charge in [0.1, 0.15) is 5.69 Å². The Balaban J connectivity index is 1.83. The lowest BCUT2D eigenvalue weighted by molar-refractivity contribution is 0.0995. The third-order valence-electron chi connectivity index (χ3n) is 3.81. The van der Waals surface area contributed by atoms with Crippen LogP contribution in [0.5, 0.6) is 0 Å². The SMILES string of the molecule is Cc1ccc(Cn2cccc(NC(=O)c3occc3C)c2=O)cc1. The summed E-state index contributed by atoms with van der Waals surface area (Å²) in [5.74, 6) is -0.217. The molecule has 0 bridgehead atoms. The summed E-state index contributed by atoms with van der Waals surface area (Å²) < 4.78 is 6.72. The van der Waals surface area contributed by atoms with Crippen molar-refractivity contribution in [1.29, 1.82) is 0 Å². The van der Waals surface area contributed by atoms with Gasteiger partial charge in [0, 0.05) is 11.8 Å². The van der Waals surface area contributed by atoms with E-state index in [1.54, 1.807) is 35.9 Å². The number of aryl methyl sites for hydroxylation is 2. The monoisotopic (exact) mass is 322 g/mol. The maximum absolute atomic E-state index is 12.5. The van der Waals surface area contributed by atoms with Gasteiger partial charge in [-0.1, -0.05) is 29.8 Å². The van der Waals surface area contributed by atoms with Crippen LogP contribution in [0.4, 0.5) is 5.69 Å². The van der Waals surface area contributed by atoms with Gasteiger partial charge in [-0.15, -0.1) is 0 Å². The fourth-order valence-corrected chi connectivity index (χ4v) is 2.43. The number of furan rings is 1. The molecule has 122 valence electrons. The van der Waals surface area contributed by atoms with Gasteiger partial charge in [0.2, 0.25) is 0 Å². The zero-order valence-electron chi connectivity index (χ0n) is 13.6. The van der Waals surface area contributed by atoms with Crippen LogP contribution in [0.3, 0.4) is 0 Å². The van der Waals surface area contributed by atoms with Crippen molar-refractivity contribution < 1.29 is 9.21 Å². The van der Waals surface area contributed by atoms with E-state index in [4.69, 9.17) is 4.42 Å². The van der Waals surface area contributed by atoms with Crippen LogP contribution in [0.2, 0.25) is 0 Å². The van der Waals surface area contributed by atoms with Gasteiger partial charge in [0.15, 0.2) is 5.76 Å². The first-order chi connectivity index (χ1) is 11.5. The van der Waals surface area contributed by atoms with Crippen LogP contribution in [0, 0.1) is 13.8 Å². The molecule has 0 saturated carbocycles. The third-order valence-corrected chi connectivity index (χ3v) is 3.81. The maximum atomic E-state index is 12.5. The number of anilines is 1. The zero-order chi connectivity index (χ0) is 17.1. The molecule has 5 nitrogen and oxygen atoms in total. The van der Waals surface area contributed by atoms with Crippen LogP contribution in [-0.4, -0.2) is 10.5 Å². The highest BCUT2D eigenvalue weighted by Gasteiger charge is 2.14. The largest absolute Gasteiger partial charge is 0.459 e. The zero-order valence-corrected chi connectivity index (χ0v) is 13.6. The van der Waals surface area contributed by atoms with Crippen molar-refractivity contribution in [1.82, 2.24) is 4.57 Å². The second-order valence-electron chi connectivity index (χ2n) is 5.73. The van der Waals surface area contributed by atoms with Crippen LogP contribution in [-0.2, 0) is 6.54 Å². The number of pyridine rings is 1. The first kappa shape index (κ1) is 15.8. The van der Waals surface area contributed by atoms with E-state index in [1.165, 1.54) is 11.8 Å². The molecule has 0 saturated heterocycles. The smallest absolute Gasteiger partial charge is 0.291 e. The minimum Gasteiger partial charge on any atom is -0.459 e. The number of aromatic nitrogens is 1. The molecule has 2 heterocycles. The predicted molar refractivity (Wildman–Crippen MR) is 92.4 cm³/mol. The highest BCUT2D eigenvalue weighted by atomic mass is 16.3. The minimum absolute atomic E-state index is 0.211. The normalized spacial score (nSPS) is 10.6. The summed E-state index contributed by atoms with van der Waals surface area (Å²) in [5, 5.41) is 2.62. The number of carbonyl (C=O) groups is 1. The third kappa shape index (κ3) is 3.30. The lowest BCUT2D eigenvalue weighted by Gasteiger charge is -2.09. The second-order valence-corrected chi connectivity index (χ2v) is 5.73. The van der Waals surface area contributed by atoms with Crippen LogP contribution in [0.1, 0.15) is 27.2 Å². The van der Waals surface area contributed by atoms with E-state index in [0.717, 1.165) is 11.1 Å². The van der Waals surface area contributed by atoms with Crippen molar-refractivity contribution >= 4 is 11.6 Å². The summed E-state index contributed by atoms with van der Waals surface area (Å²) in [5.41, 5.74) is 2.89. The number of hydrogen-bond donors (Lipinski definition) is 1. The fourth-order valence-electron chi connectivity index (χ4n) is 2.43. The van der Waals surface area contributed by atoms with Crippen LogP contribution in [0.25, 0.3) is 0 Å². The van der Waals surface area contributed by atoms with Gasteiger partial charge < -0.3 is 14.3 Å². The second kappa shape index (κ2) is 6.58. The van der Waals surface area contributed by atoms with E-state index < -0.39 is 5.91 Å². The van der Waals surface area contributed by atoms with E-state index in [2.05, 4.69) is 5.32 Å². The van der Waals surface area contributed by atoms with Gasteiger partial charge in [-0.25, -0.2) is 0 Å². The minimum atomic E-state index is -0.428. The Hall–Kier alpha value is -3.08. The highest BCUT2D eigenvalue weighted by molar-refractivity contribution is 6.03. The van der Waals surface area contributed by atoms with Crippen molar-refractivity contribution in [3.63, 3.8) is 0 Å². The molecule has 0 aliphatic heterocycles. The molecule has 1 aromatic carbocycles. The summed E-state index contributed by atoms with van der Waals surface area (Å²) >= 11 is 0. The predicted octanol–water partition coefficient (Wildman–Crippen LogP) is 3.36. The van der Waals surface area contributed by atoms with Gasteiger partial charge in [-0.05, 0) is 37.6 Å². The molecule has 3 rings (SSSR count). The number of amides is 1. The molecular formula is C19H18N2O3. The van der Waals surface area contributed by atoms with E-state index in [0.29, 0.717) is 6.54 Å². The van der Waals surface area contributed by atoms with E-state index >= 15 is 0 Å². The first-order valence-electron chi connectivity index (χ1n) is 7.65. The molecule has 5 heteroatoms. The van der Waals surface area contributed by atoms with Crippen molar-refractivity contribution in [2.75, 3.05) is 5.32 Å². The average molecular weight is 322 g/mol. The number of rotatable bonds is 4. The Labute approximate surface area is 139 Å². The molecule has 24 heavy (non-hydrogen) atoms. The summed E-state index contributed by atoms with van der Waals surface area (Å²) in [4.78, 5) is 24.8. The molecule has 2 aromatic heterocycles. The average Bonchev–Trinajstić information content (AvgIpc) is 2.99. The fraction of sp³-hybridized carbons (Fsp3) is 0.158. The molecular weight excluding hydrogens is 304 g/mol. The molecule has 1 N–H and O–H groups in total. The summed E-state index contributed by atoms with van der Waals surface area (Å²) in [6.07, 6.45) is 3.15. The quantitative estimate of drug-likeness (QED) is 0.801. The van der Waals surface area contributed by atoms with Crippen molar-refractivity contribution in [3.8, 4) is 0 Å². The lowest BCUT2D eigenvalue weighted by atomic mass is 10.1. The summed E-state index contributed by atoms with van der Waals surface area (Å²) in [7, 11) is 0. The van der Waals surface area contributed by atoms with Crippen LogP contribution < -0.4 is 10.9 Å². The number of carbonyl (C=O) groups excluding carboxylic acids is 1. The van der Waals surface area contributed by atoms with E-state index in [1.807, 2.05) is 31.2 Å². The molecule has 3 aromatic rings. The molecule has 0 aliphatic carbocycles.